The molecule has 0 atom stereocenters. The molecule has 2 N–H and O–H groups in total. The molecule has 0 bridgehead atoms. The van der Waals surface area contributed by atoms with Gasteiger partial charge in [-0.1, -0.05) is 44.2 Å². The van der Waals surface area contributed by atoms with Crippen LogP contribution in [0, 0.1) is 5.92 Å². The molecule has 1 aromatic rings. The summed E-state index contributed by atoms with van der Waals surface area (Å²) in [4.78, 5) is 11.1. The Morgan fingerprint density at radius 3 is 2.29 bits per heavy atom. The monoisotopic (exact) mass is 189 g/mol. The summed E-state index contributed by atoms with van der Waals surface area (Å²) < 4.78 is 0. The molecule has 74 valence electrons. The van der Waals surface area contributed by atoms with Crippen molar-refractivity contribution >= 4 is 12.0 Å². The first-order chi connectivity index (χ1) is 6.61. The minimum atomic E-state index is -0.344. The molecule has 0 heterocycles. The van der Waals surface area contributed by atoms with Gasteiger partial charge in [0.25, 0.3) is 0 Å². The largest absolute Gasteiger partial charge is 0.366 e. The van der Waals surface area contributed by atoms with E-state index in [4.69, 9.17) is 5.73 Å². The number of amides is 1. The second-order valence-electron chi connectivity index (χ2n) is 3.53. The maximum absolute atomic E-state index is 11.1. The molecule has 0 saturated carbocycles. The van der Waals surface area contributed by atoms with Gasteiger partial charge >= 0.3 is 0 Å². The van der Waals surface area contributed by atoms with Gasteiger partial charge < -0.3 is 5.73 Å². The minimum absolute atomic E-state index is 0.160. The van der Waals surface area contributed by atoms with Crippen LogP contribution in [-0.2, 0) is 4.79 Å². The molecule has 14 heavy (non-hydrogen) atoms. The molecule has 1 aromatic carbocycles. The fourth-order valence-corrected chi connectivity index (χ4v) is 1.25. The van der Waals surface area contributed by atoms with E-state index in [1.54, 1.807) is 0 Å². The Labute approximate surface area is 84.4 Å². The summed E-state index contributed by atoms with van der Waals surface area (Å²) in [5.41, 5.74) is 6.95. The second-order valence-corrected chi connectivity index (χ2v) is 3.53. The Bertz CT molecular complexity index is 339. The predicted octanol–water partition coefficient (Wildman–Crippen LogP) is 2.21. The highest BCUT2D eigenvalue weighted by molar-refractivity contribution is 5.96. The lowest BCUT2D eigenvalue weighted by Crippen LogP contribution is -2.17. The van der Waals surface area contributed by atoms with E-state index in [2.05, 4.69) is 0 Å². The average Bonchev–Trinajstić information content (AvgIpc) is 2.15. The van der Waals surface area contributed by atoms with E-state index in [9.17, 15) is 4.79 Å². The zero-order chi connectivity index (χ0) is 10.6. The first-order valence-electron chi connectivity index (χ1n) is 4.67. The van der Waals surface area contributed by atoms with Crippen LogP contribution in [0.4, 0.5) is 0 Å². The summed E-state index contributed by atoms with van der Waals surface area (Å²) in [6.07, 6.45) is 1.84. The standard InChI is InChI=1S/C12H15NO/c1-9(2)11(12(13)14)8-10-6-4-3-5-7-10/h3-9H,1-2H3,(H2,13,14)/b11-8-. The van der Waals surface area contributed by atoms with Crippen molar-refractivity contribution in [3.05, 3.63) is 41.5 Å². The topological polar surface area (TPSA) is 43.1 Å². The van der Waals surface area contributed by atoms with Crippen LogP contribution in [0.25, 0.3) is 6.08 Å². The molecule has 0 saturated heterocycles. The highest BCUT2D eigenvalue weighted by Crippen LogP contribution is 2.13. The molecule has 0 aliphatic carbocycles. The van der Waals surface area contributed by atoms with E-state index in [0.29, 0.717) is 5.57 Å². The van der Waals surface area contributed by atoms with Crippen LogP contribution in [0.3, 0.4) is 0 Å². The van der Waals surface area contributed by atoms with E-state index >= 15 is 0 Å². The van der Waals surface area contributed by atoms with Crippen LogP contribution < -0.4 is 5.73 Å². The molecule has 1 amide bonds. The van der Waals surface area contributed by atoms with Gasteiger partial charge in [0.1, 0.15) is 0 Å². The quantitative estimate of drug-likeness (QED) is 0.728. The highest BCUT2D eigenvalue weighted by Gasteiger charge is 2.08. The Morgan fingerprint density at radius 2 is 1.86 bits per heavy atom. The van der Waals surface area contributed by atoms with Crippen LogP contribution in [0.15, 0.2) is 35.9 Å². The van der Waals surface area contributed by atoms with Gasteiger partial charge in [0, 0.05) is 5.57 Å². The fourth-order valence-electron chi connectivity index (χ4n) is 1.25. The number of hydrogen-bond acceptors (Lipinski definition) is 1. The van der Waals surface area contributed by atoms with Gasteiger partial charge in [-0.2, -0.15) is 0 Å². The van der Waals surface area contributed by atoms with Gasteiger partial charge in [0.2, 0.25) is 5.91 Å². The predicted molar refractivity (Wildman–Crippen MR) is 58.5 cm³/mol. The number of hydrogen-bond donors (Lipinski definition) is 1. The van der Waals surface area contributed by atoms with Crippen molar-refractivity contribution in [2.75, 3.05) is 0 Å². The lowest BCUT2D eigenvalue weighted by molar-refractivity contribution is -0.114. The van der Waals surface area contributed by atoms with Crippen molar-refractivity contribution in [1.29, 1.82) is 0 Å². The number of carbonyl (C=O) groups excluding carboxylic acids is 1. The van der Waals surface area contributed by atoms with E-state index < -0.39 is 0 Å². The second kappa shape index (κ2) is 4.61. The van der Waals surface area contributed by atoms with Gasteiger partial charge in [-0.3, -0.25) is 4.79 Å². The van der Waals surface area contributed by atoms with E-state index in [-0.39, 0.29) is 11.8 Å². The van der Waals surface area contributed by atoms with Crippen molar-refractivity contribution in [2.45, 2.75) is 13.8 Å². The van der Waals surface area contributed by atoms with Crippen LogP contribution in [0.1, 0.15) is 19.4 Å². The SMILES string of the molecule is CC(C)/C(=C/c1ccccc1)C(N)=O. The third kappa shape index (κ3) is 2.73. The number of nitrogens with two attached hydrogens (primary N) is 1. The van der Waals surface area contributed by atoms with Crippen molar-refractivity contribution in [3.8, 4) is 0 Å². The van der Waals surface area contributed by atoms with Gasteiger partial charge in [-0.15, -0.1) is 0 Å². The van der Waals surface area contributed by atoms with Crippen molar-refractivity contribution in [2.24, 2.45) is 11.7 Å². The lowest BCUT2D eigenvalue weighted by atomic mass is 10.00. The molecule has 2 heteroatoms. The number of primary amides is 1. The Kier molecular flexibility index (Phi) is 3.46. The summed E-state index contributed by atoms with van der Waals surface area (Å²) in [5.74, 6) is -0.184. The van der Waals surface area contributed by atoms with Crippen LogP contribution in [0.5, 0.6) is 0 Å². The van der Waals surface area contributed by atoms with E-state index in [1.807, 2.05) is 50.3 Å². The molecule has 0 radical (unpaired) electrons. The summed E-state index contributed by atoms with van der Waals surface area (Å²) in [6, 6.07) is 9.71. The lowest BCUT2D eigenvalue weighted by Gasteiger charge is -2.06. The zero-order valence-corrected chi connectivity index (χ0v) is 8.53. The fraction of sp³-hybridized carbons (Fsp3) is 0.250. The van der Waals surface area contributed by atoms with E-state index in [1.165, 1.54) is 0 Å². The molecule has 0 aliphatic heterocycles. The number of rotatable bonds is 3. The number of benzene rings is 1. The Hall–Kier alpha value is -1.57. The molecular formula is C12H15NO. The van der Waals surface area contributed by atoms with Crippen LogP contribution >= 0.6 is 0 Å². The molecule has 0 aromatic heterocycles. The zero-order valence-electron chi connectivity index (χ0n) is 8.53. The number of carbonyl (C=O) groups is 1. The van der Waals surface area contributed by atoms with Crippen molar-refractivity contribution in [3.63, 3.8) is 0 Å². The smallest absolute Gasteiger partial charge is 0.244 e. The third-order valence-electron chi connectivity index (χ3n) is 2.03. The molecule has 0 unspecified atom stereocenters. The summed E-state index contributed by atoms with van der Waals surface area (Å²) in [6.45, 7) is 3.92. The van der Waals surface area contributed by atoms with Gasteiger partial charge in [0.15, 0.2) is 0 Å². The normalized spacial score (nSPS) is 11.8. The molecule has 0 spiro atoms. The van der Waals surface area contributed by atoms with Crippen molar-refractivity contribution < 1.29 is 4.79 Å². The molecule has 1 rings (SSSR count). The summed E-state index contributed by atoms with van der Waals surface area (Å²) in [7, 11) is 0. The Balaban J connectivity index is 3.00. The minimum Gasteiger partial charge on any atom is -0.366 e. The molecule has 2 nitrogen and oxygen atoms in total. The van der Waals surface area contributed by atoms with Gasteiger partial charge in [-0.05, 0) is 17.6 Å². The van der Waals surface area contributed by atoms with Crippen molar-refractivity contribution in [1.82, 2.24) is 0 Å². The molecule has 0 aliphatic rings. The summed E-state index contributed by atoms with van der Waals surface area (Å²) in [5, 5.41) is 0. The first-order valence-corrected chi connectivity index (χ1v) is 4.67. The van der Waals surface area contributed by atoms with Crippen LogP contribution in [-0.4, -0.2) is 5.91 Å². The average molecular weight is 189 g/mol. The molecular weight excluding hydrogens is 174 g/mol. The summed E-state index contributed by atoms with van der Waals surface area (Å²) >= 11 is 0. The highest BCUT2D eigenvalue weighted by atomic mass is 16.1. The third-order valence-corrected chi connectivity index (χ3v) is 2.03. The Morgan fingerprint density at radius 1 is 1.29 bits per heavy atom. The van der Waals surface area contributed by atoms with E-state index in [0.717, 1.165) is 5.56 Å². The molecule has 0 fully saturated rings. The first kappa shape index (κ1) is 10.5. The van der Waals surface area contributed by atoms with Gasteiger partial charge in [-0.25, -0.2) is 0 Å². The maximum Gasteiger partial charge on any atom is 0.244 e. The maximum atomic E-state index is 11.1. The van der Waals surface area contributed by atoms with Gasteiger partial charge in [0.05, 0.1) is 0 Å². The van der Waals surface area contributed by atoms with Crippen LogP contribution in [0.2, 0.25) is 0 Å².